The first-order valence-electron chi connectivity index (χ1n) is 8.67. The smallest absolute Gasteiger partial charge is 0.337 e. The molecule has 2 heterocycles. The lowest BCUT2D eigenvalue weighted by Gasteiger charge is -2.29. The first kappa shape index (κ1) is 17.5. The fourth-order valence-electron chi connectivity index (χ4n) is 3.50. The van der Waals surface area contributed by atoms with Crippen LogP contribution in [0.15, 0.2) is 36.4 Å². The average Bonchev–Trinajstić information content (AvgIpc) is 3.10. The van der Waals surface area contributed by atoms with E-state index in [2.05, 4.69) is 11.0 Å². The van der Waals surface area contributed by atoms with Gasteiger partial charge in [0.1, 0.15) is 0 Å². The second kappa shape index (κ2) is 7.00. The molecule has 0 radical (unpaired) electrons. The van der Waals surface area contributed by atoms with E-state index >= 15 is 0 Å². The van der Waals surface area contributed by atoms with Crippen LogP contribution in [0.3, 0.4) is 0 Å². The molecule has 6 nitrogen and oxygen atoms in total. The van der Waals surface area contributed by atoms with Crippen molar-refractivity contribution >= 4 is 38.6 Å². The fraction of sp³-hybridized carbons (Fsp3) is 0.250. The van der Waals surface area contributed by atoms with Gasteiger partial charge in [0.25, 0.3) is 0 Å². The van der Waals surface area contributed by atoms with Crippen LogP contribution in [0, 0.1) is 0 Å². The molecule has 0 aliphatic carbocycles. The van der Waals surface area contributed by atoms with Gasteiger partial charge in [-0.25, -0.2) is 9.78 Å². The molecule has 0 atom stereocenters. The van der Waals surface area contributed by atoms with Crippen molar-refractivity contribution < 1.29 is 14.3 Å². The van der Waals surface area contributed by atoms with Crippen molar-refractivity contribution in [1.82, 2.24) is 4.98 Å². The quantitative estimate of drug-likeness (QED) is 0.702. The van der Waals surface area contributed by atoms with Gasteiger partial charge in [-0.05, 0) is 41.3 Å². The lowest BCUT2D eigenvalue weighted by molar-refractivity contribution is -0.117. The summed E-state index contributed by atoms with van der Waals surface area (Å²) in [5.41, 5.74) is 10.1. The Morgan fingerprint density at radius 1 is 1.30 bits per heavy atom. The van der Waals surface area contributed by atoms with Crippen LogP contribution in [-0.4, -0.2) is 30.5 Å². The van der Waals surface area contributed by atoms with Crippen LogP contribution >= 0.6 is 11.3 Å². The number of carbonyl (C=O) groups excluding carboxylic acids is 2. The normalized spacial score (nSPS) is 13.4. The summed E-state index contributed by atoms with van der Waals surface area (Å²) in [5.74, 6) is -0.668. The number of ether oxygens (including phenoxy) is 1. The summed E-state index contributed by atoms with van der Waals surface area (Å²) < 4.78 is 5.81. The minimum absolute atomic E-state index is 0.278. The first-order chi connectivity index (χ1) is 13.0. The zero-order valence-corrected chi connectivity index (χ0v) is 15.7. The Balaban J connectivity index is 1.62. The SMILES string of the molecule is COC(=O)c1ccc2sc(N3CCc4c(CC(N)=O)cccc4C3)nc2c1. The molecule has 0 unspecified atom stereocenters. The lowest BCUT2D eigenvalue weighted by Crippen LogP contribution is -2.31. The molecule has 1 aromatic heterocycles. The summed E-state index contributed by atoms with van der Waals surface area (Å²) in [6.45, 7) is 1.57. The van der Waals surface area contributed by atoms with Crippen LogP contribution in [0.2, 0.25) is 0 Å². The van der Waals surface area contributed by atoms with E-state index in [1.54, 1.807) is 23.5 Å². The van der Waals surface area contributed by atoms with E-state index in [4.69, 9.17) is 15.5 Å². The summed E-state index contributed by atoms with van der Waals surface area (Å²) in [4.78, 5) is 30.0. The number of methoxy groups -OCH3 is 1. The van der Waals surface area contributed by atoms with E-state index in [9.17, 15) is 9.59 Å². The molecule has 138 valence electrons. The molecule has 2 N–H and O–H groups in total. The van der Waals surface area contributed by atoms with E-state index in [0.29, 0.717) is 5.56 Å². The van der Waals surface area contributed by atoms with Crippen LogP contribution in [-0.2, 0) is 28.9 Å². The monoisotopic (exact) mass is 381 g/mol. The number of amides is 1. The molecule has 27 heavy (non-hydrogen) atoms. The zero-order valence-electron chi connectivity index (χ0n) is 14.9. The van der Waals surface area contributed by atoms with Crippen LogP contribution in [0.25, 0.3) is 10.2 Å². The minimum Gasteiger partial charge on any atom is -0.465 e. The third-order valence-electron chi connectivity index (χ3n) is 4.80. The van der Waals surface area contributed by atoms with Crippen molar-refractivity contribution in [3.63, 3.8) is 0 Å². The van der Waals surface area contributed by atoms with Crippen molar-refractivity contribution in [3.8, 4) is 0 Å². The number of carbonyl (C=O) groups is 2. The number of fused-ring (bicyclic) bond motifs is 2. The number of anilines is 1. The van der Waals surface area contributed by atoms with Gasteiger partial charge >= 0.3 is 5.97 Å². The molecule has 0 bridgehead atoms. The number of hydrogen-bond donors (Lipinski definition) is 1. The summed E-state index contributed by atoms with van der Waals surface area (Å²) in [6.07, 6.45) is 1.13. The van der Waals surface area contributed by atoms with Gasteiger partial charge in [0.2, 0.25) is 5.91 Å². The van der Waals surface area contributed by atoms with Crippen LogP contribution < -0.4 is 10.6 Å². The van der Waals surface area contributed by atoms with Crippen molar-refractivity contribution in [2.24, 2.45) is 5.73 Å². The number of aromatic nitrogens is 1. The highest BCUT2D eigenvalue weighted by molar-refractivity contribution is 7.22. The molecule has 3 aromatic rings. The summed E-state index contributed by atoms with van der Waals surface area (Å²) in [7, 11) is 1.37. The summed E-state index contributed by atoms with van der Waals surface area (Å²) in [5, 5.41) is 0.929. The standard InChI is InChI=1S/C20H19N3O3S/c1-26-19(25)13-5-6-17-16(9-13)22-20(27-17)23-8-7-15-12(10-18(21)24)3-2-4-14(15)11-23/h2-6,9H,7-8,10-11H2,1H3,(H2,21,24). The highest BCUT2D eigenvalue weighted by Crippen LogP contribution is 2.33. The number of rotatable bonds is 4. The van der Waals surface area contributed by atoms with Gasteiger partial charge in [0.15, 0.2) is 5.13 Å². The molecule has 1 amide bonds. The van der Waals surface area contributed by atoms with Crippen LogP contribution in [0.4, 0.5) is 5.13 Å². The largest absolute Gasteiger partial charge is 0.465 e. The second-order valence-corrected chi connectivity index (χ2v) is 7.55. The molecule has 1 aliphatic rings. The Morgan fingerprint density at radius 2 is 2.15 bits per heavy atom. The summed E-state index contributed by atoms with van der Waals surface area (Å²) in [6, 6.07) is 11.5. The van der Waals surface area contributed by atoms with Gasteiger partial charge in [-0.2, -0.15) is 0 Å². The molecule has 7 heteroatoms. The summed E-state index contributed by atoms with van der Waals surface area (Å²) >= 11 is 1.61. The van der Waals surface area contributed by atoms with Gasteiger partial charge in [-0.3, -0.25) is 4.79 Å². The number of primary amides is 1. The van der Waals surface area contributed by atoms with E-state index in [-0.39, 0.29) is 18.3 Å². The van der Waals surface area contributed by atoms with E-state index < -0.39 is 0 Å². The average molecular weight is 381 g/mol. The van der Waals surface area contributed by atoms with Gasteiger partial charge < -0.3 is 15.4 Å². The van der Waals surface area contributed by atoms with Gasteiger partial charge in [0.05, 0.1) is 29.3 Å². The number of esters is 1. The first-order valence-corrected chi connectivity index (χ1v) is 9.48. The Morgan fingerprint density at radius 3 is 2.93 bits per heavy atom. The van der Waals surface area contributed by atoms with E-state index in [1.807, 2.05) is 18.2 Å². The number of nitrogens with two attached hydrogens (primary N) is 1. The highest BCUT2D eigenvalue weighted by atomic mass is 32.1. The number of thiazole rings is 1. The maximum absolute atomic E-state index is 11.7. The van der Waals surface area contributed by atoms with Crippen molar-refractivity contribution in [1.29, 1.82) is 0 Å². The van der Waals surface area contributed by atoms with E-state index in [0.717, 1.165) is 40.4 Å². The number of benzene rings is 2. The van der Waals surface area contributed by atoms with Crippen LogP contribution in [0.5, 0.6) is 0 Å². The molecule has 0 saturated carbocycles. The molecular weight excluding hydrogens is 362 g/mol. The second-order valence-electron chi connectivity index (χ2n) is 6.54. The highest BCUT2D eigenvalue weighted by Gasteiger charge is 2.22. The van der Waals surface area contributed by atoms with Crippen molar-refractivity contribution in [2.75, 3.05) is 18.6 Å². The molecule has 0 fully saturated rings. The van der Waals surface area contributed by atoms with Crippen LogP contribution in [0.1, 0.15) is 27.0 Å². The lowest BCUT2D eigenvalue weighted by atomic mass is 9.93. The fourth-order valence-corrected chi connectivity index (χ4v) is 4.47. The zero-order chi connectivity index (χ0) is 19.0. The third kappa shape index (κ3) is 3.38. The Labute approximate surface area is 160 Å². The number of hydrogen-bond acceptors (Lipinski definition) is 6. The molecule has 1 aliphatic heterocycles. The number of nitrogens with zero attached hydrogens (tertiary/aromatic N) is 2. The molecule has 2 aromatic carbocycles. The maximum atomic E-state index is 11.7. The van der Waals surface area contributed by atoms with Gasteiger partial charge in [-0.1, -0.05) is 29.5 Å². The molecule has 0 spiro atoms. The van der Waals surface area contributed by atoms with Crippen molar-refractivity contribution in [2.45, 2.75) is 19.4 Å². The predicted molar refractivity (Wildman–Crippen MR) is 105 cm³/mol. The third-order valence-corrected chi connectivity index (χ3v) is 5.89. The topological polar surface area (TPSA) is 85.5 Å². The molecule has 0 saturated heterocycles. The van der Waals surface area contributed by atoms with Gasteiger partial charge in [0, 0.05) is 13.1 Å². The Kier molecular flexibility index (Phi) is 4.53. The molecule has 4 rings (SSSR count). The molecular formula is C20H19N3O3S. The Hall–Kier alpha value is -2.93. The Bertz CT molecular complexity index is 1040. The van der Waals surface area contributed by atoms with E-state index in [1.165, 1.54) is 18.2 Å². The maximum Gasteiger partial charge on any atom is 0.337 e. The minimum atomic E-state index is -0.361. The predicted octanol–water partition coefficient (Wildman–Crippen LogP) is 2.67. The van der Waals surface area contributed by atoms with Crippen molar-refractivity contribution in [3.05, 3.63) is 58.7 Å². The van der Waals surface area contributed by atoms with Gasteiger partial charge in [-0.15, -0.1) is 0 Å².